The highest BCUT2D eigenvalue weighted by molar-refractivity contribution is 6.00. The molecule has 1 saturated carbocycles. The van der Waals surface area contributed by atoms with E-state index in [0.29, 0.717) is 24.2 Å². The Kier molecular flexibility index (Phi) is 7.03. The van der Waals surface area contributed by atoms with Crippen LogP contribution in [0, 0.1) is 11.3 Å². The molecule has 3 aliphatic rings. The van der Waals surface area contributed by atoms with Gasteiger partial charge in [-0.05, 0) is 75.2 Å². The Morgan fingerprint density at radius 1 is 1.20 bits per heavy atom. The van der Waals surface area contributed by atoms with Gasteiger partial charge in [0.05, 0.1) is 7.11 Å². The van der Waals surface area contributed by atoms with E-state index in [1.54, 1.807) is 29.2 Å². The number of esters is 1. The lowest BCUT2D eigenvalue weighted by Crippen LogP contribution is -2.48. The van der Waals surface area contributed by atoms with Crippen molar-refractivity contribution in [3.05, 3.63) is 29.8 Å². The molecule has 1 aromatic rings. The molecule has 2 saturated heterocycles. The first-order valence-electron chi connectivity index (χ1n) is 10.5. The van der Waals surface area contributed by atoms with E-state index in [1.807, 2.05) is 0 Å². The summed E-state index contributed by atoms with van der Waals surface area (Å²) in [5.41, 5.74) is 1.28. The summed E-state index contributed by atoms with van der Waals surface area (Å²) in [6.45, 7) is 2.49. The van der Waals surface area contributed by atoms with E-state index in [9.17, 15) is 14.4 Å². The number of methoxy groups -OCH3 is 1. The van der Waals surface area contributed by atoms with Crippen LogP contribution in [-0.4, -0.2) is 55.5 Å². The van der Waals surface area contributed by atoms with Crippen LogP contribution in [0.5, 0.6) is 0 Å². The number of piperidine rings is 2. The third kappa shape index (κ3) is 4.47. The van der Waals surface area contributed by atoms with E-state index >= 15 is 0 Å². The second kappa shape index (κ2) is 9.35. The first-order chi connectivity index (χ1) is 14.0. The van der Waals surface area contributed by atoms with Gasteiger partial charge in [0.15, 0.2) is 0 Å². The molecular formula is C22H30ClN3O4. The molecule has 8 heteroatoms. The molecule has 7 nitrogen and oxygen atoms in total. The summed E-state index contributed by atoms with van der Waals surface area (Å²) < 4.78 is 4.88. The standard InChI is InChI=1S/C22H29N3O4.ClH/c1-29-21(28)18-7-2-3-12-25(18)20(27)15-5-4-6-16(13-15)24-19(26)17-14-22(17)8-10-23-11-9-22;/h4-6,13,17-18,23H,2-3,7-12,14H2,1H3,(H,24,26);1H. The number of hydrogen-bond acceptors (Lipinski definition) is 5. The molecule has 4 rings (SSSR count). The monoisotopic (exact) mass is 435 g/mol. The number of hydrogen-bond donors (Lipinski definition) is 2. The molecule has 30 heavy (non-hydrogen) atoms. The maximum Gasteiger partial charge on any atom is 0.328 e. The molecule has 0 bridgehead atoms. The number of rotatable bonds is 4. The topological polar surface area (TPSA) is 87.7 Å². The Balaban J connectivity index is 0.00000256. The minimum Gasteiger partial charge on any atom is -0.467 e. The summed E-state index contributed by atoms with van der Waals surface area (Å²) in [5.74, 6) is -0.461. The largest absolute Gasteiger partial charge is 0.467 e. The van der Waals surface area contributed by atoms with E-state index in [2.05, 4.69) is 10.6 Å². The van der Waals surface area contributed by atoms with E-state index in [4.69, 9.17) is 4.74 Å². The third-order valence-corrected chi connectivity index (χ3v) is 6.72. The predicted molar refractivity (Wildman–Crippen MR) is 116 cm³/mol. The SMILES string of the molecule is COC(=O)C1CCCCN1C(=O)c1cccc(NC(=O)C2CC23CCNCC3)c1.Cl. The lowest BCUT2D eigenvalue weighted by atomic mass is 9.92. The van der Waals surface area contributed by atoms with Gasteiger partial charge >= 0.3 is 5.97 Å². The van der Waals surface area contributed by atoms with Gasteiger partial charge in [0.1, 0.15) is 6.04 Å². The van der Waals surface area contributed by atoms with Crippen LogP contribution in [-0.2, 0) is 14.3 Å². The van der Waals surface area contributed by atoms with Gasteiger partial charge in [-0.1, -0.05) is 6.07 Å². The number of likely N-dealkylation sites (tertiary alicyclic amines) is 1. The van der Waals surface area contributed by atoms with Crippen molar-refractivity contribution in [3.63, 3.8) is 0 Å². The van der Waals surface area contributed by atoms with Crippen LogP contribution in [0.2, 0.25) is 0 Å². The maximum absolute atomic E-state index is 13.1. The summed E-state index contributed by atoms with van der Waals surface area (Å²) in [7, 11) is 1.35. The zero-order valence-electron chi connectivity index (χ0n) is 17.3. The molecule has 2 heterocycles. The minimum atomic E-state index is -0.536. The normalized spacial score (nSPS) is 24.5. The number of carbonyl (C=O) groups is 3. The van der Waals surface area contributed by atoms with Crippen molar-refractivity contribution in [3.8, 4) is 0 Å². The van der Waals surface area contributed by atoms with Crippen LogP contribution < -0.4 is 10.6 Å². The van der Waals surface area contributed by atoms with Gasteiger partial charge in [0.2, 0.25) is 5.91 Å². The number of nitrogens with zero attached hydrogens (tertiary/aromatic N) is 1. The van der Waals surface area contributed by atoms with Gasteiger partial charge in [-0.15, -0.1) is 12.4 Å². The summed E-state index contributed by atoms with van der Waals surface area (Å²) in [6.07, 6.45) is 5.44. The summed E-state index contributed by atoms with van der Waals surface area (Å²) in [6, 6.07) is 6.48. The summed E-state index contributed by atoms with van der Waals surface area (Å²) in [4.78, 5) is 39.5. The zero-order valence-corrected chi connectivity index (χ0v) is 18.1. The molecule has 0 radical (unpaired) electrons. The van der Waals surface area contributed by atoms with E-state index in [1.165, 1.54) is 7.11 Å². The highest BCUT2D eigenvalue weighted by Crippen LogP contribution is 2.58. The highest BCUT2D eigenvalue weighted by atomic mass is 35.5. The molecule has 0 aromatic heterocycles. The highest BCUT2D eigenvalue weighted by Gasteiger charge is 2.57. The minimum absolute atomic E-state index is 0. The molecular weight excluding hydrogens is 406 g/mol. The van der Waals surface area contributed by atoms with Gasteiger partial charge in [-0.25, -0.2) is 4.79 Å². The van der Waals surface area contributed by atoms with Crippen LogP contribution in [0.4, 0.5) is 5.69 Å². The first kappa shape index (κ1) is 22.6. The van der Waals surface area contributed by atoms with Gasteiger partial charge in [-0.2, -0.15) is 0 Å². The lowest BCUT2D eigenvalue weighted by Gasteiger charge is -2.33. The van der Waals surface area contributed by atoms with Crippen molar-refractivity contribution >= 4 is 35.9 Å². The van der Waals surface area contributed by atoms with Gasteiger partial charge < -0.3 is 20.3 Å². The first-order valence-corrected chi connectivity index (χ1v) is 10.5. The number of benzene rings is 1. The van der Waals surface area contributed by atoms with Crippen molar-refractivity contribution < 1.29 is 19.1 Å². The third-order valence-electron chi connectivity index (χ3n) is 6.72. The summed E-state index contributed by atoms with van der Waals surface area (Å²) in [5, 5.41) is 6.35. The molecule has 2 atom stereocenters. The van der Waals surface area contributed by atoms with Crippen molar-refractivity contribution in [2.45, 2.75) is 44.6 Å². The van der Waals surface area contributed by atoms with Crippen LogP contribution >= 0.6 is 12.4 Å². The molecule has 1 aliphatic carbocycles. The molecule has 164 valence electrons. The molecule has 2 amide bonds. The second-order valence-electron chi connectivity index (χ2n) is 8.47. The Bertz CT molecular complexity index is 809. The molecule has 2 aliphatic heterocycles. The van der Waals surface area contributed by atoms with Gasteiger partial charge in [-0.3, -0.25) is 9.59 Å². The van der Waals surface area contributed by atoms with E-state index in [-0.39, 0.29) is 41.5 Å². The molecule has 2 unspecified atom stereocenters. The average molecular weight is 436 g/mol. The van der Waals surface area contributed by atoms with Crippen LogP contribution in [0.1, 0.15) is 48.9 Å². The van der Waals surface area contributed by atoms with Crippen molar-refractivity contribution in [2.24, 2.45) is 11.3 Å². The molecule has 2 N–H and O–H groups in total. The van der Waals surface area contributed by atoms with E-state index in [0.717, 1.165) is 45.2 Å². The quantitative estimate of drug-likeness (QED) is 0.710. The fourth-order valence-electron chi connectivity index (χ4n) is 4.88. The Hall–Kier alpha value is -2.12. The fraction of sp³-hybridized carbons (Fsp3) is 0.591. The Labute approximate surface area is 183 Å². The average Bonchev–Trinajstić information content (AvgIpc) is 3.46. The van der Waals surface area contributed by atoms with Crippen molar-refractivity contribution in [1.29, 1.82) is 0 Å². The van der Waals surface area contributed by atoms with Crippen LogP contribution in [0.3, 0.4) is 0 Å². The molecule has 1 aromatic carbocycles. The van der Waals surface area contributed by atoms with Gasteiger partial charge in [0.25, 0.3) is 5.91 Å². The lowest BCUT2D eigenvalue weighted by molar-refractivity contribution is -0.147. The van der Waals surface area contributed by atoms with Crippen LogP contribution in [0.25, 0.3) is 0 Å². The number of amides is 2. The van der Waals surface area contributed by atoms with Gasteiger partial charge in [0, 0.05) is 23.7 Å². The zero-order chi connectivity index (χ0) is 20.4. The number of halogens is 1. The molecule has 1 spiro atoms. The predicted octanol–water partition coefficient (Wildman–Crippen LogP) is 2.60. The number of nitrogens with one attached hydrogen (secondary N) is 2. The van der Waals surface area contributed by atoms with Crippen LogP contribution in [0.15, 0.2) is 24.3 Å². The fourth-order valence-corrected chi connectivity index (χ4v) is 4.88. The second-order valence-corrected chi connectivity index (χ2v) is 8.47. The Morgan fingerprint density at radius 2 is 1.97 bits per heavy atom. The Morgan fingerprint density at radius 3 is 2.70 bits per heavy atom. The number of carbonyl (C=O) groups excluding carboxylic acids is 3. The number of anilines is 1. The number of ether oxygens (including phenoxy) is 1. The van der Waals surface area contributed by atoms with Crippen molar-refractivity contribution in [2.75, 3.05) is 32.1 Å². The molecule has 3 fully saturated rings. The smallest absolute Gasteiger partial charge is 0.328 e. The maximum atomic E-state index is 13.1. The summed E-state index contributed by atoms with van der Waals surface area (Å²) >= 11 is 0. The van der Waals surface area contributed by atoms with E-state index < -0.39 is 6.04 Å². The van der Waals surface area contributed by atoms with Crippen molar-refractivity contribution in [1.82, 2.24) is 10.2 Å².